The molecule has 4 nitrogen and oxygen atoms in total. The van der Waals surface area contributed by atoms with Gasteiger partial charge in [0.1, 0.15) is 5.75 Å². The van der Waals surface area contributed by atoms with Gasteiger partial charge < -0.3 is 15.8 Å². The zero-order chi connectivity index (χ0) is 17.7. The molecule has 0 aliphatic heterocycles. The van der Waals surface area contributed by atoms with E-state index < -0.39 is 0 Å². The van der Waals surface area contributed by atoms with Crippen LogP contribution in [0.25, 0.3) is 0 Å². The van der Waals surface area contributed by atoms with Crippen molar-refractivity contribution < 1.29 is 9.53 Å². The number of benzene rings is 2. The van der Waals surface area contributed by atoms with E-state index in [4.69, 9.17) is 22.1 Å². The number of nitrogens with one attached hydrogen (secondary N) is 1. The highest BCUT2D eigenvalue weighted by Crippen LogP contribution is 2.31. The van der Waals surface area contributed by atoms with Crippen molar-refractivity contribution in [3.8, 4) is 5.75 Å². The van der Waals surface area contributed by atoms with Crippen molar-refractivity contribution in [1.82, 2.24) is 5.32 Å². The third kappa shape index (κ3) is 5.63. The first-order chi connectivity index (χ1) is 11.4. The lowest BCUT2D eigenvalue weighted by Gasteiger charge is -2.23. The van der Waals surface area contributed by atoms with Crippen molar-refractivity contribution in [3.05, 3.63) is 64.2 Å². The zero-order valence-corrected chi connectivity index (χ0v) is 16.2. The van der Waals surface area contributed by atoms with E-state index in [9.17, 15) is 4.79 Å². The Bertz CT molecular complexity index is 720. The van der Waals surface area contributed by atoms with Crippen LogP contribution in [0.4, 0.5) is 0 Å². The van der Waals surface area contributed by atoms with Gasteiger partial charge in [-0.2, -0.15) is 0 Å². The Morgan fingerprint density at radius 2 is 1.92 bits per heavy atom. The molecule has 136 valence electrons. The number of carbonyl (C=O) groups excluding carboxylic acids is 1. The molecule has 0 saturated carbocycles. The van der Waals surface area contributed by atoms with Gasteiger partial charge >= 0.3 is 0 Å². The van der Waals surface area contributed by atoms with E-state index in [1.165, 1.54) is 0 Å². The summed E-state index contributed by atoms with van der Waals surface area (Å²) < 4.78 is 5.26. The highest BCUT2D eigenvalue weighted by atomic mass is 35.5. The summed E-state index contributed by atoms with van der Waals surface area (Å²) in [5.74, 6) is 0.668. The number of ether oxygens (including phenoxy) is 1. The summed E-state index contributed by atoms with van der Waals surface area (Å²) in [6.07, 6.45) is 0.260. The van der Waals surface area contributed by atoms with Crippen LogP contribution in [-0.4, -0.2) is 19.1 Å². The maximum atomic E-state index is 12.3. The number of hydrogen-bond donors (Lipinski definition) is 2. The van der Waals surface area contributed by atoms with Gasteiger partial charge in [-0.15, -0.1) is 12.4 Å². The molecule has 0 radical (unpaired) electrons. The molecular formula is C19H24Cl2N2O2. The SMILES string of the molecule is COc1ccc(C(NC(=O)CC(C)N)c2ccccc2Cl)c(C)c1.Cl. The van der Waals surface area contributed by atoms with Crippen LogP contribution >= 0.6 is 24.0 Å². The smallest absolute Gasteiger partial charge is 0.222 e. The van der Waals surface area contributed by atoms with Gasteiger partial charge in [-0.3, -0.25) is 4.79 Å². The zero-order valence-electron chi connectivity index (χ0n) is 14.6. The summed E-state index contributed by atoms with van der Waals surface area (Å²) in [4.78, 5) is 12.3. The third-order valence-corrected chi connectivity index (χ3v) is 4.16. The third-order valence-electron chi connectivity index (χ3n) is 3.82. The number of rotatable bonds is 6. The fourth-order valence-electron chi connectivity index (χ4n) is 2.64. The van der Waals surface area contributed by atoms with Gasteiger partial charge in [-0.05, 0) is 48.7 Å². The molecule has 2 aromatic carbocycles. The molecule has 0 heterocycles. The Balaban J connectivity index is 0.00000312. The average molecular weight is 383 g/mol. The molecule has 1 amide bonds. The summed E-state index contributed by atoms with van der Waals surface area (Å²) in [5, 5.41) is 3.67. The predicted molar refractivity (Wildman–Crippen MR) is 105 cm³/mol. The van der Waals surface area contributed by atoms with Crippen molar-refractivity contribution in [3.63, 3.8) is 0 Å². The van der Waals surface area contributed by atoms with Crippen LogP contribution in [0.3, 0.4) is 0 Å². The minimum Gasteiger partial charge on any atom is -0.497 e. The summed E-state index contributed by atoms with van der Waals surface area (Å²) in [6, 6.07) is 12.8. The average Bonchev–Trinajstić information content (AvgIpc) is 2.53. The lowest BCUT2D eigenvalue weighted by molar-refractivity contribution is -0.121. The van der Waals surface area contributed by atoms with Crippen LogP contribution in [0, 0.1) is 6.92 Å². The fourth-order valence-corrected chi connectivity index (χ4v) is 2.89. The maximum Gasteiger partial charge on any atom is 0.222 e. The van der Waals surface area contributed by atoms with Crippen LogP contribution in [0.5, 0.6) is 5.75 Å². The predicted octanol–water partition coefficient (Wildman–Crippen LogP) is 4.02. The van der Waals surface area contributed by atoms with E-state index in [0.29, 0.717) is 5.02 Å². The highest BCUT2D eigenvalue weighted by molar-refractivity contribution is 6.31. The van der Waals surface area contributed by atoms with Crippen molar-refractivity contribution >= 4 is 29.9 Å². The van der Waals surface area contributed by atoms with Gasteiger partial charge in [-0.1, -0.05) is 35.9 Å². The molecule has 0 aromatic heterocycles. The topological polar surface area (TPSA) is 64.3 Å². The molecule has 0 aliphatic carbocycles. The molecule has 2 rings (SSSR count). The van der Waals surface area contributed by atoms with Crippen molar-refractivity contribution in [2.24, 2.45) is 5.73 Å². The molecular weight excluding hydrogens is 359 g/mol. The summed E-state index contributed by atoms with van der Waals surface area (Å²) >= 11 is 6.37. The van der Waals surface area contributed by atoms with E-state index in [2.05, 4.69) is 5.32 Å². The van der Waals surface area contributed by atoms with Gasteiger partial charge in [0.15, 0.2) is 0 Å². The lowest BCUT2D eigenvalue weighted by Crippen LogP contribution is -2.33. The van der Waals surface area contributed by atoms with Gasteiger partial charge in [0.05, 0.1) is 13.2 Å². The Morgan fingerprint density at radius 3 is 2.48 bits per heavy atom. The van der Waals surface area contributed by atoms with Crippen molar-refractivity contribution in [1.29, 1.82) is 0 Å². The second-order valence-corrected chi connectivity index (χ2v) is 6.33. The molecule has 2 atom stereocenters. The highest BCUT2D eigenvalue weighted by Gasteiger charge is 2.21. The summed E-state index contributed by atoms with van der Waals surface area (Å²) in [7, 11) is 1.63. The van der Waals surface area contributed by atoms with Gasteiger partial charge in [-0.25, -0.2) is 0 Å². The van der Waals surface area contributed by atoms with Crippen LogP contribution in [0.1, 0.15) is 36.1 Å². The van der Waals surface area contributed by atoms with E-state index in [1.807, 2.05) is 56.3 Å². The number of hydrogen-bond acceptors (Lipinski definition) is 3. The monoisotopic (exact) mass is 382 g/mol. The molecule has 2 unspecified atom stereocenters. The normalized spacial score (nSPS) is 12.7. The maximum absolute atomic E-state index is 12.3. The van der Waals surface area contributed by atoms with Crippen LogP contribution in [0.2, 0.25) is 5.02 Å². The van der Waals surface area contributed by atoms with Crippen LogP contribution in [0.15, 0.2) is 42.5 Å². The molecule has 0 saturated heterocycles. The number of nitrogens with two attached hydrogens (primary N) is 1. The molecule has 25 heavy (non-hydrogen) atoms. The standard InChI is InChI=1S/C19H23ClN2O2.ClH/c1-12-10-14(24-3)8-9-15(12)19(22-18(23)11-13(2)21)16-6-4-5-7-17(16)20;/h4-10,13,19H,11,21H2,1-3H3,(H,22,23);1H. The molecule has 0 bridgehead atoms. The Labute approximate surface area is 160 Å². The second kappa shape index (κ2) is 9.66. The number of carbonyl (C=O) groups is 1. The Kier molecular flexibility index (Phi) is 8.23. The molecule has 0 aliphatic rings. The largest absolute Gasteiger partial charge is 0.497 e. The summed E-state index contributed by atoms with van der Waals surface area (Å²) in [5.41, 5.74) is 8.58. The molecule has 6 heteroatoms. The Hall–Kier alpha value is -1.75. The number of halogens is 2. The Morgan fingerprint density at radius 1 is 1.24 bits per heavy atom. The fraction of sp³-hybridized carbons (Fsp3) is 0.316. The van der Waals surface area contributed by atoms with Crippen LogP contribution in [-0.2, 0) is 4.79 Å². The molecule has 2 aromatic rings. The first-order valence-corrected chi connectivity index (χ1v) is 8.24. The lowest BCUT2D eigenvalue weighted by atomic mass is 9.94. The molecule has 3 N–H and O–H groups in total. The van der Waals surface area contributed by atoms with E-state index in [1.54, 1.807) is 7.11 Å². The molecule has 0 spiro atoms. The minimum atomic E-state index is -0.337. The number of aryl methyl sites for hydroxylation is 1. The van der Waals surface area contributed by atoms with E-state index in [0.717, 1.165) is 22.4 Å². The van der Waals surface area contributed by atoms with Crippen LogP contribution < -0.4 is 15.8 Å². The second-order valence-electron chi connectivity index (χ2n) is 5.93. The van der Waals surface area contributed by atoms with E-state index in [-0.39, 0.29) is 36.8 Å². The number of methoxy groups -OCH3 is 1. The van der Waals surface area contributed by atoms with E-state index >= 15 is 0 Å². The van der Waals surface area contributed by atoms with Gasteiger partial charge in [0.2, 0.25) is 5.91 Å². The first kappa shape index (κ1) is 21.3. The number of amides is 1. The van der Waals surface area contributed by atoms with Gasteiger partial charge in [0.25, 0.3) is 0 Å². The minimum absolute atomic E-state index is 0. The van der Waals surface area contributed by atoms with Gasteiger partial charge in [0, 0.05) is 17.5 Å². The van der Waals surface area contributed by atoms with Crippen molar-refractivity contribution in [2.45, 2.75) is 32.4 Å². The molecule has 0 fully saturated rings. The summed E-state index contributed by atoms with van der Waals surface area (Å²) in [6.45, 7) is 3.79. The quantitative estimate of drug-likeness (QED) is 0.792. The van der Waals surface area contributed by atoms with Crippen molar-refractivity contribution in [2.75, 3.05) is 7.11 Å². The first-order valence-electron chi connectivity index (χ1n) is 7.86.